The van der Waals surface area contributed by atoms with Gasteiger partial charge in [0, 0.05) is 0 Å². The molecule has 0 spiro atoms. The monoisotopic (exact) mass is 278 g/mol. The lowest BCUT2D eigenvalue weighted by Crippen LogP contribution is -2.29. The second-order valence-corrected chi connectivity index (χ2v) is 6.37. The van der Waals surface area contributed by atoms with Gasteiger partial charge < -0.3 is 9.84 Å². The van der Waals surface area contributed by atoms with Crippen molar-refractivity contribution in [2.75, 3.05) is 0 Å². The number of benzene rings is 1. The van der Waals surface area contributed by atoms with Gasteiger partial charge in [-0.2, -0.15) is 0 Å². The van der Waals surface area contributed by atoms with E-state index in [0.29, 0.717) is 0 Å². The molecular formula is C17H26O3. The number of aromatic hydroxyl groups is 1. The van der Waals surface area contributed by atoms with E-state index in [4.69, 9.17) is 4.74 Å². The van der Waals surface area contributed by atoms with E-state index in [1.807, 2.05) is 39.8 Å². The van der Waals surface area contributed by atoms with Gasteiger partial charge in [-0.15, -0.1) is 0 Å². The average Bonchev–Trinajstić information content (AvgIpc) is 2.34. The van der Waals surface area contributed by atoms with Crippen molar-refractivity contribution < 1.29 is 14.6 Å². The van der Waals surface area contributed by atoms with Gasteiger partial charge in [0.2, 0.25) is 0 Å². The molecule has 0 saturated heterocycles. The fraction of sp³-hybridized carbons (Fsp3) is 0.588. The molecule has 3 heteroatoms. The zero-order valence-corrected chi connectivity index (χ0v) is 13.1. The van der Waals surface area contributed by atoms with Gasteiger partial charge >= 0.3 is 5.97 Å². The van der Waals surface area contributed by atoms with Gasteiger partial charge in [0.15, 0.2) is 0 Å². The summed E-state index contributed by atoms with van der Waals surface area (Å²) in [4.78, 5) is 12.1. The van der Waals surface area contributed by atoms with Gasteiger partial charge in [0.05, 0.1) is 5.92 Å². The van der Waals surface area contributed by atoms with Crippen molar-refractivity contribution in [2.24, 2.45) is 5.92 Å². The van der Waals surface area contributed by atoms with Gasteiger partial charge in [-0.05, 0) is 57.2 Å². The Bertz CT molecular complexity index is 429. The minimum atomic E-state index is -0.438. The molecule has 0 heterocycles. The Morgan fingerprint density at radius 3 is 2.25 bits per heavy atom. The van der Waals surface area contributed by atoms with E-state index >= 15 is 0 Å². The van der Waals surface area contributed by atoms with Crippen molar-refractivity contribution in [1.29, 1.82) is 0 Å². The number of rotatable bonds is 5. The lowest BCUT2D eigenvalue weighted by Gasteiger charge is -2.25. The van der Waals surface area contributed by atoms with Crippen molar-refractivity contribution in [1.82, 2.24) is 0 Å². The zero-order chi connectivity index (χ0) is 15.3. The highest BCUT2D eigenvalue weighted by Gasteiger charge is 2.25. The number of carbonyl (C=O) groups is 1. The number of ether oxygens (including phenoxy) is 1. The SMILES string of the molecule is CCC(CC(C)c1ccc(O)cc1)C(=O)OC(C)(C)C. The summed E-state index contributed by atoms with van der Waals surface area (Å²) in [5.74, 6) is 0.317. The normalized spacial score (nSPS) is 14.7. The van der Waals surface area contributed by atoms with Crippen molar-refractivity contribution in [3.05, 3.63) is 29.8 Å². The fourth-order valence-corrected chi connectivity index (χ4v) is 2.18. The first kappa shape index (κ1) is 16.5. The minimum Gasteiger partial charge on any atom is -0.508 e. The molecule has 0 amide bonds. The third kappa shape index (κ3) is 5.24. The molecule has 1 N–H and O–H groups in total. The third-order valence-electron chi connectivity index (χ3n) is 3.33. The molecule has 0 saturated carbocycles. The van der Waals surface area contributed by atoms with Crippen LogP contribution < -0.4 is 0 Å². The fourth-order valence-electron chi connectivity index (χ4n) is 2.18. The van der Waals surface area contributed by atoms with Gasteiger partial charge in [-0.1, -0.05) is 26.0 Å². The summed E-state index contributed by atoms with van der Waals surface area (Å²) >= 11 is 0. The van der Waals surface area contributed by atoms with E-state index in [9.17, 15) is 9.90 Å². The van der Waals surface area contributed by atoms with Crippen LogP contribution in [0.4, 0.5) is 0 Å². The van der Waals surface area contributed by atoms with E-state index in [0.717, 1.165) is 18.4 Å². The first-order valence-corrected chi connectivity index (χ1v) is 7.24. The van der Waals surface area contributed by atoms with Crippen molar-refractivity contribution in [3.63, 3.8) is 0 Å². The first-order valence-electron chi connectivity index (χ1n) is 7.24. The third-order valence-corrected chi connectivity index (χ3v) is 3.33. The molecule has 0 aliphatic rings. The Hall–Kier alpha value is -1.51. The summed E-state index contributed by atoms with van der Waals surface area (Å²) in [5.41, 5.74) is 0.691. The molecule has 3 nitrogen and oxygen atoms in total. The Morgan fingerprint density at radius 1 is 1.25 bits per heavy atom. The molecule has 2 unspecified atom stereocenters. The number of phenolic OH excluding ortho intramolecular Hbond substituents is 1. The van der Waals surface area contributed by atoms with Crippen molar-refractivity contribution in [2.45, 2.75) is 59.0 Å². The standard InChI is InChI=1S/C17H26O3/c1-6-13(16(19)20-17(3,4)5)11-12(2)14-7-9-15(18)10-8-14/h7-10,12-13,18H,6,11H2,1-5H3. The summed E-state index contributed by atoms with van der Waals surface area (Å²) in [5, 5.41) is 9.31. The van der Waals surface area contributed by atoms with Crippen LogP contribution in [-0.2, 0) is 9.53 Å². The molecule has 20 heavy (non-hydrogen) atoms. The van der Waals surface area contributed by atoms with E-state index in [1.165, 1.54) is 0 Å². The summed E-state index contributed by atoms with van der Waals surface area (Å²) in [6, 6.07) is 7.17. The quantitative estimate of drug-likeness (QED) is 0.819. The van der Waals surface area contributed by atoms with Crippen molar-refractivity contribution >= 4 is 5.97 Å². The van der Waals surface area contributed by atoms with Crippen LogP contribution in [0.25, 0.3) is 0 Å². The highest BCUT2D eigenvalue weighted by Crippen LogP contribution is 2.28. The summed E-state index contributed by atoms with van der Waals surface area (Å²) in [6.45, 7) is 9.78. The number of esters is 1. The van der Waals surface area contributed by atoms with Crippen molar-refractivity contribution in [3.8, 4) is 5.75 Å². The molecule has 1 aromatic rings. The van der Waals surface area contributed by atoms with Crippen LogP contribution in [0.15, 0.2) is 24.3 Å². The molecule has 0 radical (unpaired) electrons. The van der Waals surface area contributed by atoms with E-state index < -0.39 is 5.60 Å². The topological polar surface area (TPSA) is 46.5 Å². The lowest BCUT2D eigenvalue weighted by atomic mass is 9.88. The van der Waals surface area contributed by atoms with Gasteiger partial charge in [0.1, 0.15) is 11.4 Å². The molecule has 1 aromatic carbocycles. The molecule has 112 valence electrons. The highest BCUT2D eigenvalue weighted by molar-refractivity contribution is 5.72. The summed E-state index contributed by atoms with van der Waals surface area (Å²) in [7, 11) is 0. The summed E-state index contributed by atoms with van der Waals surface area (Å²) in [6.07, 6.45) is 1.54. The Balaban J connectivity index is 2.68. The maximum absolute atomic E-state index is 12.1. The van der Waals surface area contributed by atoms with Crippen LogP contribution >= 0.6 is 0 Å². The smallest absolute Gasteiger partial charge is 0.309 e. The molecule has 0 aliphatic heterocycles. The van der Waals surface area contributed by atoms with E-state index in [1.54, 1.807) is 12.1 Å². The number of phenols is 1. The predicted octanol–water partition coefficient (Wildman–Crippen LogP) is 4.25. The molecule has 0 aromatic heterocycles. The maximum atomic E-state index is 12.1. The maximum Gasteiger partial charge on any atom is 0.309 e. The highest BCUT2D eigenvalue weighted by atomic mass is 16.6. The Kier molecular flexibility index (Phi) is 5.61. The first-order chi connectivity index (χ1) is 9.23. The van der Waals surface area contributed by atoms with Gasteiger partial charge in [0.25, 0.3) is 0 Å². The Labute approximate surface area is 122 Å². The second kappa shape index (κ2) is 6.78. The zero-order valence-electron chi connectivity index (χ0n) is 13.1. The number of hydrogen-bond acceptors (Lipinski definition) is 3. The summed E-state index contributed by atoms with van der Waals surface area (Å²) < 4.78 is 5.47. The van der Waals surface area contributed by atoms with Crippen LogP contribution in [0.5, 0.6) is 5.75 Å². The van der Waals surface area contributed by atoms with Crippen LogP contribution in [0.3, 0.4) is 0 Å². The van der Waals surface area contributed by atoms with Crippen LogP contribution in [0.1, 0.15) is 58.9 Å². The minimum absolute atomic E-state index is 0.0852. The number of hydrogen-bond donors (Lipinski definition) is 1. The van der Waals surface area contributed by atoms with Gasteiger partial charge in [-0.3, -0.25) is 4.79 Å². The Morgan fingerprint density at radius 2 is 1.80 bits per heavy atom. The molecule has 0 bridgehead atoms. The van der Waals surface area contributed by atoms with Crippen LogP contribution in [0, 0.1) is 5.92 Å². The van der Waals surface area contributed by atoms with E-state index in [2.05, 4.69) is 6.92 Å². The van der Waals surface area contributed by atoms with E-state index in [-0.39, 0.29) is 23.6 Å². The predicted molar refractivity (Wildman–Crippen MR) is 80.8 cm³/mol. The molecular weight excluding hydrogens is 252 g/mol. The van der Waals surface area contributed by atoms with Gasteiger partial charge in [-0.25, -0.2) is 0 Å². The number of carbonyl (C=O) groups excluding carboxylic acids is 1. The molecule has 2 atom stereocenters. The van der Waals surface area contributed by atoms with Crippen LogP contribution in [-0.4, -0.2) is 16.7 Å². The molecule has 0 aliphatic carbocycles. The second-order valence-electron chi connectivity index (χ2n) is 6.37. The lowest BCUT2D eigenvalue weighted by molar-refractivity contribution is -0.160. The molecule has 1 rings (SSSR count). The largest absolute Gasteiger partial charge is 0.508 e. The molecule has 0 fully saturated rings. The average molecular weight is 278 g/mol. The van der Waals surface area contributed by atoms with Crippen LogP contribution in [0.2, 0.25) is 0 Å².